The number of likely N-dealkylation sites (N-methyl/N-ethyl adjacent to an activating group) is 1. The molecule has 0 aliphatic carbocycles. The molecule has 1 unspecified atom stereocenters. The number of carbonyl (C=O) groups excluding carboxylic acids is 1. The molecule has 0 saturated carbocycles. The van der Waals surface area contributed by atoms with Gasteiger partial charge in [-0.15, -0.1) is 0 Å². The van der Waals surface area contributed by atoms with Gasteiger partial charge in [0.2, 0.25) is 0 Å². The van der Waals surface area contributed by atoms with E-state index < -0.39 is 0 Å². The first kappa shape index (κ1) is 14.9. The van der Waals surface area contributed by atoms with Crippen molar-refractivity contribution >= 4 is 17.5 Å². The molecule has 18 heavy (non-hydrogen) atoms. The summed E-state index contributed by atoms with van der Waals surface area (Å²) in [5, 5.41) is 0.264. The number of rotatable bonds is 4. The molecule has 0 spiro atoms. The van der Waals surface area contributed by atoms with Gasteiger partial charge in [-0.25, -0.2) is 9.97 Å². The smallest absolute Gasteiger partial charge is 0.274 e. The molecule has 0 radical (unpaired) electrons. The van der Waals surface area contributed by atoms with Crippen molar-refractivity contribution in [2.24, 2.45) is 5.73 Å². The maximum absolute atomic E-state index is 12.2. The molecule has 1 aromatic heterocycles. The van der Waals surface area contributed by atoms with Crippen molar-refractivity contribution in [2.45, 2.75) is 32.7 Å². The lowest BCUT2D eigenvalue weighted by atomic mass is 10.2. The van der Waals surface area contributed by atoms with Gasteiger partial charge >= 0.3 is 0 Å². The molecule has 1 amide bonds. The van der Waals surface area contributed by atoms with Gasteiger partial charge in [0, 0.05) is 25.6 Å². The fraction of sp³-hybridized carbons (Fsp3) is 0.583. The molecule has 0 saturated heterocycles. The Bertz CT molecular complexity index is 436. The molecule has 1 atom stereocenters. The van der Waals surface area contributed by atoms with Gasteiger partial charge in [-0.2, -0.15) is 0 Å². The summed E-state index contributed by atoms with van der Waals surface area (Å²) in [6.07, 6.45) is 1.47. The molecule has 2 N–H and O–H groups in total. The van der Waals surface area contributed by atoms with Gasteiger partial charge in [0.15, 0.2) is 5.69 Å². The van der Waals surface area contributed by atoms with Crippen molar-refractivity contribution in [3.8, 4) is 0 Å². The van der Waals surface area contributed by atoms with Gasteiger partial charge in [0.25, 0.3) is 5.91 Å². The minimum Gasteiger partial charge on any atom is -0.336 e. The fourth-order valence-electron chi connectivity index (χ4n) is 1.33. The second-order valence-corrected chi connectivity index (χ2v) is 4.99. The summed E-state index contributed by atoms with van der Waals surface area (Å²) >= 11 is 5.98. The highest BCUT2D eigenvalue weighted by Crippen LogP contribution is 2.18. The lowest BCUT2D eigenvalue weighted by molar-refractivity contribution is 0.0742. The molecule has 5 nitrogen and oxygen atoms in total. The highest BCUT2D eigenvalue weighted by molar-refractivity contribution is 6.33. The highest BCUT2D eigenvalue weighted by Gasteiger charge is 2.21. The molecule has 0 fully saturated rings. The predicted octanol–water partition coefficient (Wildman–Crippen LogP) is 1.67. The molecule has 0 aromatic carbocycles. The molecule has 0 aliphatic rings. The van der Waals surface area contributed by atoms with Gasteiger partial charge in [-0.1, -0.05) is 25.4 Å². The summed E-state index contributed by atoms with van der Waals surface area (Å²) in [6.45, 7) is 6.19. The number of nitrogens with two attached hydrogens (primary N) is 1. The number of hydrogen-bond donors (Lipinski definition) is 1. The van der Waals surface area contributed by atoms with Crippen LogP contribution in [0.5, 0.6) is 0 Å². The lowest BCUT2D eigenvalue weighted by Crippen LogP contribution is -2.40. The predicted molar refractivity (Wildman–Crippen MR) is 71.7 cm³/mol. The van der Waals surface area contributed by atoms with Crippen LogP contribution in [0.15, 0.2) is 6.20 Å². The van der Waals surface area contributed by atoms with Gasteiger partial charge in [0.05, 0.1) is 11.2 Å². The summed E-state index contributed by atoms with van der Waals surface area (Å²) in [5.74, 6) is 0.518. The lowest BCUT2D eigenvalue weighted by Gasteiger charge is -2.23. The maximum Gasteiger partial charge on any atom is 0.274 e. The van der Waals surface area contributed by atoms with Crippen molar-refractivity contribution in [1.29, 1.82) is 0 Å². The van der Waals surface area contributed by atoms with Crippen LogP contribution in [0.4, 0.5) is 0 Å². The third-order valence-corrected chi connectivity index (χ3v) is 3.08. The van der Waals surface area contributed by atoms with Crippen LogP contribution < -0.4 is 5.73 Å². The first-order chi connectivity index (χ1) is 8.38. The van der Waals surface area contributed by atoms with E-state index in [-0.39, 0.29) is 28.6 Å². The molecular formula is C12H19ClN4O. The molecule has 1 rings (SSSR count). The Morgan fingerprint density at radius 3 is 2.61 bits per heavy atom. The Morgan fingerprint density at radius 1 is 1.50 bits per heavy atom. The third kappa shape index (κ3) is 3.17. The number of aromatic nitrogens is 2. The Hall–Kier alpha value is -1.20. The summed E-state index contributed by atoms with van der Waals surface area (Å²) in [6, 6.07) is -0.0639. The zero-order chi connectivity index (χ0) is 13.9. The summed E-state index contributed by atoms with van der Waals surface area (Å²) < 4.78 is 0. The second-order valence-electron chi connectivity index (χ2n) is 4.58. The van der Waals surface area contributed by atoms with Gasteiger partial charge < -0.3 is 10.6 Å². The van der Waals surface area contributed by atoms with Crippen LogP contribution in [0.1, 0.15) is 43.0 Å². The van der Waals surface area contributed by atoms with E-state index >= 15 is 0 Å². The Morgan fingerprint density at radius 2 is 2.11 bits per heavy atom. The van der Waals surface area contributed by atoms with Crippen LogP contribution in [0.25, 0.3) is 0 Å². The van der Waals surface area contributed by atoms with Crippen LogP contribution in [-0.4, -0.2) is 40.4 Å². The first-order valence-electron chi connectivity index (χ1n) is 5.88. The van der Waals surface area contributed by atoms with E-state index in [0.29, 0.717) is 12.4 Å². The number of carbonyl (C=O) groups is 1. The number of amides is 1. The normalized spacial score (nSPS) is 12.6. The van der Waals surface area contributed by atoms with E-state index in [4.69, 9.17) is 17.3 Å². The van der Waals surface area contributed by atoms with Crippen LogP contribution in [0.3, 0.4) is 0 Å². The van der Waals surface area contributed by atoms with Crippen molar-refractivity contribution in [3.05, 3.63) is 22.7 Å². The van der Waals surface area contributed by atoms with Crippen molar-refractivity contribution in [3.63, 3.8) is 0 Å². The minimum absolute atomic E-state index is 0.0639. The monoisotopic (exact) mass is 270 g/mol. The number of hydrogen-bond acceptors (Lipinski definition) is 4. The highest BCUT2D eigenvalue weighted by atomic mass is 35.5. The fourth-order valence-corrected chi connectivity index (χ4v) is 1.51. The van der Waals surface area contributed by atoms with Crippen LogP contribution in [0, 0.1) is 0 Å². The van der Waals surface area contributed by atoms with E-state index in [1.807, 2.05) is 20.8 Å². The largest absolute Gasteiger partial charge is 0.336 e. The molecular weight excluding hydrogens is 252 g/mol. The van der Waals surface area contributed by atoms with Crippen LogP contribution >= 0.6 is 11.6 Å². The van der Waals surface area contributed by atoms with Gasteiger partial charge in [-0.05, 0) is 6.92 Å². The third-order valence-electron chi connectivity index (χ3n) is 2.80. The summed E-state index contributed by atoms with van der Waals surface area (Å²) in [4.78, 5) is 22.1. The van der Waals surface area contributed by atoms with E-state index in [9.17, 15) is 4.79 Å². The van der Waals surface area contributed by atoms with E-state index in [1.165, 1.54) is 6.20 Å². The molecule has 1 aromatic rings. The average molecular weight is 271 g/mol. The molecule has 0 aliphatic heterocycles. The molecule has 6 heteroatoms. The molecule has 100 valence electrons. The standard InChI is InChI=1S/C12H19ClN4O/c1-7(2)11-15-6-9(13)10(16-11)12(18)17(4)8(3)5-14/h6-8H,5,14H2,1-4H3. The number of halogens is 1. The summed E-state index contributed by atoms with van der Waals surface area (Å²) in [7, 11) is 1.69. The Kier molecular flexibility index (Phi) is 5.04. The minimum atomic E-state index is -0.234. The quantitative estimate of drug-likeness (QED) is 0.903. The number of nitrogens with zero attached hydrogens (tertiary/aromatic N) is 3. The zero-order valence-corrected chi connectivity index (χ0v) is 11.9. The average Bonchev–Trinajstić information content (AvgIpc) is 2.36. The molecule has 0 bridgehead atoms. The van der Waals surface area contributed by atoms with Crippen LogP contribution in [0.2, 0.25) is 5.02 Å². The van der Waals surface area contributed by atoms with Gasteiger partial charge in [-0.3, -0.25) is 4.79 Å². The van der Waals surface area contributed by atoms with Gasteiger partial charge in [0.1, 0.15) is 5.82 Å². The van der Waals surface area contributed by atoms with Crippen molar-refractivity contribution < 1.29 is 4.79 Å². The SMILES string of the molecule is CC(C)c1ncc(Cl)c(C(=O)N(C)C(C)CN)n1. The van der Waals surface area contributed by atoms with Crippen molar-refractivity contribution in [1.82, 2.24) is 14.9 Å². The first-order valence-corrected chi connectivity index (χ1v) is 6.26. The van der Waals surface area contributed by atoms with Crippen molar-refractivity contribution in [2.75, 3.05) is 13.6 Å². The van der Waals surface area contributed by atoms with E-state index in [1.54, 1.807) is 11.9 Å². The van der Waals surface area contributed by atoms with Crippen LogP contribution in [-0.2, 0) is 0 Å². The second kappa shape index (κ2) is 6.11. The Labute approximate surface area is 112 Å². The Balaban J connectivity index is 3.08. The topological polar surface area (TPSA) is 72.1 Å². The van der Waals surface area contributed by atoms with E-state index in [0.717, 1.165) is 0 Å². The molecule has 1 heterocycles. The zero-order valence-electron chi connectivity index (χ0n) is 11.1. The maximum atomic E-state index is 12.2. The van der Waals surface area contributed by atoms with E-state index in [2.05, 4.69) is 9.97 Å². The summed E-state index contributed by atoms with van der Waals surface area (Å²) in [5.41, 5.74) is 5.78.